The van der Waals surface area contributed by atoms with E-state index in [1.54, 1.807) is 0 Å². The molecular formula is C20H19F2N7O4. The zero-order valence-corrected chi connectivity index (χ0v) is 16.8. The molecule has 0 saturated heterocycles. The summed E-state index contributed by atoms with van der Waals surface area (Å²) in [7, 11) is 0. The Labute approximate surface area is 185 Å². The molecule has 0 aliphatic rings. The Balaban J connectivity index is 0.000000331. The fourth-order valence-corrected chi connectivity index (χ4v) is 2.02. The zero-order chi connectivity index (χ0) is 25.0. The van der Waals surface area contributed by atoms with E-state index in [-0.39, 0.29) is 5.69 Å². The molecule has 2 aromatic rings. The van der Waals surface area contributed by atoms with Gasteiger partial charge in [0.1, 0.15) is 0 Å². The molecule has 0 aliphatic carbocycles. The highest BCUT2D eigenvalue weighted by molar-refractivity contribution is 6.03. The molecule has 0 atom stereocenters. The molecular weight excluding hydrogens is 440 g/mol. The number of hydrogen-bond donors (Lipinski definition) is 6. The number of non-ortho nitro benzene ring substituents is 1. The standard InChI is InChI=1S/C10H9F2N3O.C10H10N4O3/c11-7-3-1-6(5-8(7)12)2-4-9(16)15-10(13)14;11-10(12)13-9(15)6-3-7-1-4-8(5-2-7)14(16)17/h1-5H,(H4,13,14,15,16);1-6H,(H4,11,12,13,15)/b4-2+;6-3+. The third-order valence-electron chi connectivity index (χ3n) is 3.42. The van der Waals surface area contributed by atoms with Gasteiger partial charge in [0.2, 0.25) is 0 Å². The minimum atomic E-state index is -0.992. The second kappa shape index (κ2) is 12.7. The van der Waals surface area contributed by atoms with Crippen LogP contribution >= 0.6 is 0 Å². The van der Waals surface area contributed by atoms with Crippen molar-refractivity contribution in [3.63, 3.8) is 0 Å². The van der Waals surface area contributed by atoms with Gasteiger partial charge in [0, 0.05) is 24.3 Å². The first-order valence-electron chi connectivity index (χ1n) is 8.83. The summed E-state index contributed by atoms with van der Waals surface area (Å²) in [5.74, 6) is -4.02. The number of rotatable bonds is 5. The Hall–Kier alpha value is -4.94. The number of nitrogens with two attached hydrogens (primary N) is 2. The van der Waals surface area contributed by atoms with E-state index in [4.69, 9.17) is 22.3 Å². The number of nitrogens with one attached hydrogen (secondary N) is 4. The third kappa shape index (κ3) is 10.6. The summed E-state index contributed by atoms with van der Waals surface area (Å²) in [6.07, 6.45) is 4.99. The van der Waals surface area contributed by atoms with E-state index < -0.39 is 40.3 Å². The van der Waals surface area contributed by atoms with Crippen molar-refractivity contribution in [2.45, 2.75) is 0 Å². The summed E-state index contributed by atoms with van der Waals surface area (Å²) in [4.78, 5) is 31.9. The Morgan fingerprint density at radius 1 is 0.848 bits per heavy atom. The summed E-state index contributed by atoms with van der Waals surface area (Å²) in [6, 6.07) is 8.91. The van der Waals surface area contributed by atoms with Crippen LogP contribution in [0.5, 0.6) is 0 Å². The molecule has 2 rings (SSSR count). The number of hydrogen-bond acceptors (Lipinski definition) is 6. The largest absolute Gasteiger partial charge is 0.370 e. The van der Waals surface area contributed by atoms with Crippen LogP contribution in [0.25, 0.3) is 12.2 Å². The molecule has 8 N–H and O–H groups in total. The lowest BCUT2D eigenvalue weighted by atomic mass is 10.2. The molecule has 0 heterocycles. The second-order valence-corrected chi connectivity index (χ2v) is 5.99. The van der Waals surface area contributed by atoms with E-state index in [0.29, 0.717) is 11.1 Å². The van der Waals surface area contributed by atoms with E-state index in [1.807, 2.05) is 5.32 Å². The maximum absolute atomic E-state index is 12.8. The van der Waals surface area contributed by atoms with Crippen molar-refractivity contribution >= 4 is 41.6 Å². The number of benzene rings is 2. The van der Waals surface area contributed by atoms with Gasteiger partial charge in [-0.1, -0.05) is 6.07 Å². The van der Waals surface area contributed by atoms with Gasteiger partial charge in [0.15, 0.2) is 23.6 Å². The Bertz CT molecular complexity index is 1120. The van der Waals surface area contributed by atoms with Gasteiger partial charge in [-0.2, -0.15) is 0 Å². The monoisotopic (exact) mass is 459 g/mol. The van der Waals surface area contributed by atoms with Crippen LogP contribution in [0.3, 0.4) is 0 Å². The normalized spacial score (nSPS) is 10.2. The summed E-state index contributed by atoms with van der Waals surface area (Å²) in [6.45, 7) is 0. The molecule has 0 fully saturated rings. The SMILES string of the molecule is N=C(N)NC(=O)/C=C/c1ccc(F)c(F)c1.N=C(N)NC(=O)/C=C/c1ccc([N+](=O)[O-])cc1. The van der Waals surface area contributed by atoms with E-state index in [1.165, 1.54) is 48.6 Å². The van der Waals surface area contributed by atoms with Gasteiger partial charge in [-0.25, -0.2) is 8.78 Å². The van der Waals surface area contributed by atoms with Crippen LogP contribution in [0.2, 0.25) is 0 Å². The van der Waals surface area contributed by atoms with Gasteiger partial charge in [-0.3, -0.25) is 41.2 Å². The van der Waals surface area contributed by atoms with Crippen LogP contribution in [0, 0.1) is 32.6 Å². The van der Waals surface area contributed by atoms with Gasteiger partial charge in [-0.05, 0) is 47.5 Å². The number of nitro groups is 1. The second-order valence-electron chi connectivity index (χ2n) is 5.99. The van der Waals surface area contributed by atoms with Gasteiger partial charge in [-0.15, -0.1) is 0 Å². The van der Waals surface area contributed by atoms with Crippen LogP contribution in [-0.2, 0) is 9.59 Å². The number of amides is 2. The molecule has 2 amide bonds. The molecule has 13 heteroatoms. The molecule has 2 aromatic carbocycles. The first-order chi connectivity index (χ1) is 15.5. The Morgan fingerprint density at radius 2 is 1.30 bits per heavy atom. The van der Waals surface area contributed by atoms with Crippen molar-refractivity contribution < 1.29 is 23.3 Å². The van der Waals surface area contributed by atoms with Crippen molar-refractivity contribution in [3.8, 4) is 0 Å². The maximum Gasteiger partial charge on any atom is 0.269 e. The molecule has 0 unspecified atom stereocenters. The minimum absolute atomic E-state index is 0.0182. The summed E-state index contributed by atoms with van der Waals surface area (Å²) in [5.41, 5.74) is 10.8. The number of carbonyl (C=O) groups is 2. The number of nitrogens with zero attached hydrogens (tertiary/aromatic N) is 1. The predicted octanol–water partition coefficient (Wildman–Crippen LogP) is 1.61. The highest BCUT2D eigenvalue weighted by atomic mass is 19.2. The Kier molecular flexibility index (Phi) is 10.0. The van der Waals surface area contributed by atoms with Gasteiger partial charge >= 0.3 is 0 Å². The van der Waals surface area contributed by atoms with Crippen molar-refractivity contribution in [2.75, 3.05) is 0 Å². The van der Waals surface area contributed by atoms with Gasteiger partial charge in [0.05, 0.1) is 4.92 Å². The van der Waals surface area contributed by atoms with Crippen LogP contribution in [0.15, 0.2) is 54.6 Å². The average molecular weight is 459 g/mol. The molecule has 0 radical (unpaired) electrons. The average Bonchev–Trinajstić information content (AvgIpc) is 2.73. The Morgan fingerprint density at radius 3 is 1.73 bits per heavy atom. The fourth-order valence-electron chi connectivity index (χ4n) is 2.02. The van der Waals surface area contributed by atoms with Gasteiger partial charge < -0.3 is 11.5 Å². The van der Waals surface area contributed by atoms with Crippen LogP contribution in [-0.4, -0.2) is 28.7 Å². The summed E-state index contributed by atoms with van der Waals surface area (Å²) >= 11 is 0. The minimum Gasteiger partial charge on any atom is -0.370 e. The van der Waals surface area contributed by atoms with E-state index in [0.717, 1.165) is 18.2 Å². The lowest BCUT2D eigenvalue weighted by Gasteiger charge is -1.97. The van der Waals surface area contributed by atoms with Crippen LogP contribution in [0.4, 0.5) is 14.5 Å². The van der Waals surface area contributed by atoms with E-state index >= 15 is 0 Å². The number of guanidine groups is 2. The molecule has 0 spiro atoms. The lowest BCUT2D eigenvalue weighted by Crippen LogP contribution is -2.34. The third-order valence-corrected chi connectivity index (χ3v) is 3.42. The molecule has 0 aliphatic heterocycles. The van der Waals surface area contributed by atoms with E-state index in [2.05, 4.69) is 5.32 Å². The first-order valence-corrected chi connectivity index (χ1v) is 8.83. The highest BCUT2D eigenvalue weighted by Crippen LogP contribution is 2.12. The maximum atomic E-state index is 12.8. The molecule has 0 saturated carbocycles. The number of nitro benzene ring substituents is 1. The number of carbonyl (C=O) groups excluding carboxylic acids is 2. The van der Waals surface area contributed by atoms with Crippen molar-refractivity contribution in [3.05, 3.63) is 87.5 Å². The van der Waals surface area contributed by atoms with Crippen molar-refractivity contribution in [1.82, 2.24) is 10.6 Å². The van der Waals surface area contributed by atoms with Crippen molar-refractivity contribution in [2.24, 2.45) is 11.5 Å². The predicted molar refractivity (Wildman–Crippen MR) is 118 cm³/mol. The summed E-state index contributed by atoms with van der Waals surface area (Å²) in [5, 5.41) is 28.1. The molecule has 172 valence electrons. The first kappa shape index (κ1) is 26.1. The smallest absolute Gasteiger partial charge is 0.269 e. The molecule has 0 bridgehead atoms. The number of halogens is 2. The lowest BCUT2D eigenvalue weighted by molar-refractivity contribution is -0.384. The molecule has 11 nitrogen and oxygen atoms in total. The zero-order valence-electron chi connectivity index (χ0n) is 16.8. The highest BCUT2D eigenvalue weighted by Gasteiger charge is 2.03. The molecule has 0 aromatic heterocycles. The van der Waals surface area contributed by atoms with E-state index in [9.17, 15) is 28.5 Å². The molecule has 33 heavy (non-hydrogen) atoms. The van der Waals surface area contributed by atoms with Crippen LogP contribution < -0.4 is 22.1 Å². The quantitative estimate of drug-likeness (QED) is 0.129. The fraction of sp³-hybridized carbons (Fsp3) is 0. The topological polar surface area (TPSA) is 201 Å². The summed E-state index contributed by atoms with van der Waals surface area (Å²) < 4.78 is 25.3. The van der Waals surface area contributed by atoms with Crippen molar-refractivity contribution in [1.29, 1.82) is 10.8 Å². The van der Waals surface area contributed by atoms with Crippen LogP contribution in [0.1, 0.15) is 11.1 Å². The van der Waals surface area contributed by atoms with Gasteiger partial charge in [0.25, 0.3) is 17.5 Å².